The molecule has 244 valence electrons. The second-order valence-corrected chi connectivity index (χ2v) is 11.7. The Bertz CT molecular complexity index is 1670. The van der Waals surface area contributed by atoms with Gasteiger partial charge in [0, 0.05) is 23.9 Å². The third-order valence-corrected chi connectivity index (χ3v) is 8.77. The third kappa shape index (κ3) is 7.50. The zero-order valence-electron chi connectivity index (χ0n) is 26.2. The Morgan fingerprint density at radius 1 is 1.04 bits per heavy atom. The van der Waals surface area contributed by atoms with E-state index in [9.17, 15) is 24.0 Å². The van der Waals surface area contributed by atoms with Crippen LogP contribution in [-0.2, 0) is 21.6 Å². The highest BCUT2D eigenvalue weighted by Crippen LogP contribution is 2.37. The Balaban J connectivity index is 1.28. The summed E-state index contributed by atoms with van der Waals surface area (Å²) >= 11 is 0. The molecule has 1 unspecified atom stereocenters. The van der Waals surface area contributed by atoms with Crippen LogP contribution in [0.15, 0.2) is 90.1 Å². The van der Waals surface area contributed by atoms with Crippen molar-refractivity contribution in [3.05, 3.63) is 118 Å². The van der Waals surface area contributed by atoms with Crippen LogP contribution in [0.1, 0.15) is 55.3 Å². The summed E-state index contributed by atoms with van der Waals surface area (Å²) in [6.45, 7) is 3.89. The summed E-state index contributed by atoms with van der Waals surface area (Å²) in [5, 5.41) is 15.3. The Kier molecular flexibility index (Phi) is 10.6. The molecule has 2 heterocycles. The Morgan fingerprint density at radius 2 is 1.72 bits per heavy atom. The lowest BCUT2D eigenvalue weighted by atomic mass is 9.74. The number of nitriles is 1. The molecule has 0 saturated carbocycles. The van der Waals surface area contributed by atoms with Gasteiger partial charge in [-0.15, -0.1) is 0 Å². The molecule has 0 aromatic heterocycles. The van der Waals surface area contributed by atoms with Crippen LogP contribution in [0.25, 0.3) is 0 Å². The number of esters is 1. The van der Waals surface area contributed by atoms with E-state index in [0.717, 1.165) is 35.7 Å². The molecule has 47 heavy (non-hydrogen) atoms. The van der Waals surface area contributed by atoms with E-state index >= 15 is 4.39 Å². The molecule has 0 aliphatic carbocycles. The fraction of sp³-hybridized carbons (Fsp3) is 0.333. The summed E-state index contributed by atoms with van der Waals surface area (Å²) in [5.74, 6) is -2.70. The first-order valence-electron chi connectivity index (χ1n) is 15.7. The maximum atomic E-state index is 15.3. The third-order valence-electron chi connectivity index (χ3n) is 8.77. The molecular formula is C36H37F2N5O4. The molecule has 2 N–H and O–H groups in total. The fourth-order valence-electron chi connectivity index (χ4n) is 6.17. The Hall–Kier alpha value is -5.08. The molecule has 2 aliphatic heterocycles. The molecule has 11 heteroatoms. The molecule has 0 bridgehead atoms. The maximum absolute atomic E-state index is 15.3. The number of hydrogen-bond donors (Lipinski definition) is 2. The first kappa shape index (κ1) is 33.3. The summed E-state index contributed by atoms with van der Waals surface area (Å²) in [6.07, 6.45) is 2.11. The SMILES string of the molecule is CCC1=C(C(=O)OCc2ccccc2)C(c2ccc(F)cc2F)N(C(=O)NCCCN2CCC(C#N)(c3ccccc3)CC2)C(=O)N1. The average Bonchev–Trinajstić information content (AvgIpc) is 3.09. The summed E-state index contributed by atoms with van der Waals surface area (Å²) in [6, 6.07) is 20.9. The van der Waals surface area contributed by atoms with E-state index in [1.165, 1.54) is 0 Å². The minimum absolute atomic E-state index is 0.0870. The standard InChI is InChI=1S/C36H37F2N5O4/c1-2-30-31(33(44)47-23-25-10-5-3-6-11-25)32(28-15-14-27(37)22-29(28)38)43(35(46)41-30)34(45)40-18-9-19-42-20-16-36(24-39,17-21-42)26-12-7-4-8-13-26/h3-8,10-15,22,32H,2,9,16-21,23H2,1H3,(H,40,45)(H,41,46). The van der Waals surface area contributed by atoms with Crippen molar-refractivity contribution in [1.82, 2.24) is 20.4 Å². The van der Waals surface area contributed by atoms with Gasteiger partial charge in [0.25, 0.3) is 0 Å². The van der Waals surface area contributed by atoms with Gasteiger partial charge < -0.3 is 20.3 Å². The van der Waals surface area contributed by atoms with Crippen LogP contribution < -0.4 is 10.6 Å². The van der Waals surface area contributed by atoms with Crippen molar-refractivity contribution in [3.63, 3.8) is 0 Å². The quantitative estimate of drug-likeness (QED) is 0.204. The molecule has 3 aromatic carbocycles. The van der Waals surface area contributed by atoms with Gasteiger partial charge in [-0.05, 0) is 62.5 Å². The van der Waals surface area contributed by atoms with Gasteiger partial charge in [-0.3, -0.25) is 0 Å². The van der Waals surface area contributed by atoms with Crippen molar-refractivity contribution in [2.24, 2.45) is 0 Å². The number of amides is 4. The Labute approximate surface area is 272 Å². The number of benzene rings is 3. The highest BCUT2D eigenvalue weighted by molar-refractivity contribution is 6.01. The number of nitrogens with zero attached hydrogens (tertiary/aromatic N) is 3. The van der Waals surface area contributed by atoms with E-state index < -0.39 is 41.1 Å². The largest absolute Gasteiger partial charge is 0.457 e. The van der Waals surface area contributed by atoms with Crippen molar-refractivity contribution in [3.8, 4) is 6.07 Å². The topological polar surface area (TPSA) is 115 Å². The highest BCUT2D eigenvalue weighted by atomic mass is 19.1. The molecule has 1 fully saturated rings. The fourth-order valence-corrected chi connectivity index (χ4v) is 6.17. The first-order valence-corrected chi connectivity index (χ1v) is 15.7. The lowest BCUT2D eigenvalue weighted by molar-refractivity contribution is -0.141. The van der Waals surface area contributed by atoms with Gasteiger partial charge in [0.05, 0.1) is 17.1 Å². The van der Waals surface area contributed by atoms with Crippen molar-refractivity contribution in [1.29, 1.82) is 5.26 Å². The number of hydrogen-bond acceptors (Lipinski definition) is 6. The van der Waals surface area contributed by atoms with Crippen LogP contribution in [0, 0.1) is 23.0 Å². The average molecular weight is 642 g/mol. The van der Waals surface area contributed by atoms with E-state index in [0.29, 0.717) is 37.4 Å². The highest BCUT2D eigenvalue weighted by Gasteiger charge is 2.44. The van der Waals surface area contributed by atoms with Crippen LogP contribution >= 0.6 is 0 Å². The number of piperidine rings is 1. The molecule has 3 aromatic rings. The van der Waals surface area contributed by atoms with E-state index in [4.69, 9.17) is 4.74 Å². The maximum Gasteiger partial charge on any atom is 0.338 e. The monoisotopic (exact) mass is 641 g/mol. The van der Waals surface area contributed by atoms with Crippen molar-refractivity contribution in [2.75, 3.05) is 26.2 Å². The Morgan fingerprint density at radius 3 is 2.36 bits per heavy atom. The molecule has 1 saturated heterocycles. The zero-order valence-corrected chi connectivity index (χ0v) is 26.2. The lowest BCUT2D eigenvalue weighted by Crippen LogP contribution is -2.55. The van der Waals surface area contributed by atoms with Gasteiger partial charge in [-0.1, -0.05) is 73.7 Å². The summed E-state index contributed by atoms with van der Waals surface area (Å²) in [7, 11) is 0. The normalized spacial score (nSPS) is 17.9. The number of urea groups is 2. The molecule has 4 amide bonds. The van der Waals surface area contributed by atoms with E-state index in [-0.39, 0.29) is 36.4 Å². The van der Waals surface area contributed by atoms with E-state index in [2.05, 4.69) is 21.6 Å². The lowest BCUT2D eigenvalue weighted by Gasteiger charge is -2.38. The second-order valence-electron chi connectivity index (χ2n) is 11.7. The number of nitrogens with one attached hydrogen (secondary N) is 2. The molecule has 1 atom stereocenters. The van der Waals surface area contributed by atoms with Gasteiger partial charge in [0.15, 0.2) is 0 Å². The number of carbonyl (C=O) groups excluding carboxylic acids is 3. The second kappa shape index (κ2) is 15.0. The molecule has 9 nitrogen and oxygen atoms in total. The number of halogens is 2. The summed E-state index contributed by atoms with van der Waals surface area (Å²) in [4.78, 5) is 43.4. The van der Waals surface area contributed by atoms with Crippen molar-refractivity contribution < 1.29 is 27.9 Å². The number of likely N-dealkylation sites (tertiary alicyclic amines) is 1. The van der Waals surface area contributed by atoms with Gasteiger partial charge in [-0.2, -0.15) is 5.26 Å². The molecule has 0 spiro atoms. The minimum Gasteiger partial charge on any atom is -0.457 e. The van der Waals surface area contributed by atoms with Crippen LogP contribution in [0.5, 0.6) is 0 Å². The van der Waals surface area contributed by atoms with E-state index in [1.54, 1.807) is 31.2 Å². The summed E-state index contributed by atoms with van der Waals surface area (Å²) < 4.78 is 34.8. The van der Waals surface area contributed by atoms with Crippen LogP contribution in [-0.4, -0.2) is 54.0 Å². The smallest absolute Gasteiger partial charge is 0.338 e. The van der Waals surface area contributed by atoms with Gasteiger partial charge in [0.2, 0.25) is 0 Å². The van der Waals surface area contributed by atoms with Gasteiger partial charge >= 0.3 is 18.0 Å². The van der Waals surface area contributed by atoms with E-state index in [1.807, 2.05) is 36.4 Å². The molecule has 0 radical (unpaired) electrons. The van der Waals surface area contributed by atoms with Crippen LogP contribution in [0.4, 0.5) is 18.4 Å². The van der Waals surface area contributed by atoms with Gasteiger partial charge in [-0.25, -0.2) is 28.1 Å². The molecular weight excluding hydrogens is 604 g/mol. The van der Waals surface area contributed by atoms with Crippen molar-refractivity contribution in [2.45, 2.75) is 50.7 Å². The number of rotatable bonds is 10. The predicted molar refractivity (Wildman–Crippen MR) is 170 cm³/mol. The number of allylic oxidation sites excluding steroid dienone is 1. The molecule has 2 aliphatic rings. The number of ether oxygens (including phenoxy) is 1. The van der Waals surface area contributed by atoms with Gasteiger partial charge in [0.1, 0.15) is 24.3 Å². The van der Waals surface area contributed by atoms with Crippen LogP contribution in [0.2, 0.25) is 0 Å². The predicted octanol–water partition coefficient (Wildman–Crippen LogP) is 6.10. The van der Waals surface area contributed by atoms with Crippen LogP contribution in [0.3, 0.4) is 0 Å². The molecule has 5 rings (SSSR count). The zero-order chi connectivity index (χ0) is 33.4. The first-order chi connectivity index (χ1) is 22.8. The minimum atomic E-state index is -1.50. The summed E-state index contributed by atoms with van der Waals surface area (Å²) in [5.41, 5.74) is 1.05. The number of imide groups is 1. The number of carbonyl (C=O) groups is 3. The van der Waals surface area contributed by atoms with Crippen molar-refractivity contribution >= 4 is 18.0 Å².